The number of pyridine rings is 1. The standard InChI is InChI=1S/C26H23F2N3O6/c1-35-14-5-3-13(4-6-14)20-16-10-30(12-19(16)37-29-20)22-18(27)9-15-21(24(22)36-2)31(26(28)7-8-26)11-17(23(15)32)25(33)34/h3-6,9,11,16,19H,7-8,10,12H2,1-2H3,(H,33,34). The lowest BCUT2D eigenvalue weighted by Crippen LogP contribution is -2.27. The zero-order valence-electron chi connectivity index (χ0n) is 20.0. The van der Waals surface area contributed by atoms with Crippen LogP contribution in [0.2, 0.25) is 0 Å². The maximum atomic E-state index is 15.7. The minimum Gasteiger partial charge on any atom is -0.497 e. The van der Waals surface area contributed by atoms with E-state index in [1.807, 2.05) is 24.3 Å². The van der Waals surface area contributed by atoms with Crippen LogP contribution in [0.5, 0.6) is 11.5 Å². The average Bonchev–Trinajstić information content (AvgIpc) is 3.31. The molecule has 9 nitrogen and oxygen atoms in total. The van der Waals surface area contributed by atoms with Gasteiger partial charge in [0.1, 0.15) is 17.0 Å². The van der Waals surface area contributed by atoms with E-state index in [4.69, 9.17) is 14.3 Å². The molecule has 1 aromatic heterocycles. The van der Waals surface area contributed by atoms with Crippen LogP contribution in [0.4, 0.5) is 14.5 Å². The predicted molar refractivity (Wildman–Crippen MR) is 130 cm³/mol. The summed E-state index contributed by atoms with van der Waals surface area (Å²) in [7, 11) is 2.89. The van der Waals surface area contributed by atoms with Crippen LogP contribution in [0, 0.1) is 11.7 Å². The van der Waals surface area contributed by atoms with Gasteiger partial charge in [0.05, 0.1) is 43.3 Å². The minimum absolute atomic E-state index is 0.0240. The molecule has 1 saturated heterocycles. The molecule has 2 aliphatic heterocycles. The van der Waals surface area contributed by atoms with Gasteiger partial charge in [-0.15, -0.1) is 0 Å². The van der Waals surface area contributed by atoms with Gasteiger partial charge in [-0.1, -0.05) is 5.16 Å². The Morgan fingerprint density at radius 1 is 1.19 bits per heavy atom. The van der Waals surface area contributed by atoms with Crippen molar-refractivity contribution in [2.45, 2.75) is 24.7 Å². The number of fused-ring (bicyclic) bond motifs is 2. The predicted octanol–water partition coefficient (Wildman–Crippen LogP) is 3.51. The van der Waals surface area contributed by atoms with Crippen LogP contribution in [0.15, 0.2) is 46.5 Å². The Bertz CT molecular complexity index is 1530. The second kappa shape index (κ2) is 8.19. The number of hydrogen-bond donors (Lipinski definition) is 1. The van der Waals surface area contributed by atoms with Gasteiger partial charge in [-0.05, 0) is 30.3 Å². The highest BCUT2D eigenvalue weighted by Gasteiger charge is 2.48. The zero-order chi connectivity index (χ0) is 26.1. The normalized spacial score (nSPS) is 21.4. The van der Waals surface area contributed by atoms with Gasteiger partial charge in [0.25, 0.3) is 0 Å². The summed E-state index contributed by atoms with van der Waals surface area (Å²) in [5.41, 5.74) is 0.124. The summed E-state index contributed by atoms with van der Waals surface area (Å²) in [5, 5.41) is 13.5. The molecule has 2 atom stereocenters. The molecule has 2 aromatic carbocycles. The highest BCUT2D eigenvalue weighted by Crippen LogP contribution is 2.50. The fraction of sp³-hybridized carbons (Fsp3) is 0.346. The summed E-state index contributed by atoms with van der Waals surface area (Å²) in [6.07, 6.45) is 0.928. The number of ether oxygens (including phenoxy) is 2. The number of aromatic nitrogens is 1. The van der Waals surface area contributed by atoms with Gasteiger partial charge in [0.2, 0.25) is 5.43 Å². The summed E-state index contributed by atoms with van der Waals surface area (Å²) < 4.78 is 43.0. The number of nitrogens with zero attached hydrogens (tertiary/aromatic N) is 3. The molecule has 2 fully saturated rings. The Balaban J connectivity index is 1.45. The number of halogens is 2. The fourth-order valence-corrected chi connectivity index (χ4v) is 5.26. The second-order valence-corrected chi connectivity index (χ2v) is 9.46. The number of oxime groups is 1. The van der Waals surface area contributed by atoms with Crippen LogP contribution < -0.4 is 19.8 Å². The highest BCUT2D eigenvalue weighted by atomic mass is 19.1. The van der Waals surface area contributed by atoms with Gasteiger partial charge in [-0.25, -0.2) is 13.6 Å². The third kappa shape index (κ3) is 3.52. The Morgan fingerprint density at radius 2 is 1.92 bits per heavy atom. The van der Waals surface area contributed by atoms with Crippen LogP contribution in [-0.2, 0) is 10.6 Å². The monoisotopic (exact) mass is 511 g/mol. The van der Waals surface area contributed by atoms with Crippen molar-refractivity contribution in [3.05, 3.63) is 63.7 Å². The molecule has 192 valence electrons. The highest BCUT2D eigenvalue weighted by molar-refractivity contribution is 6.04. The molecule has 0 amide bonds. The smallest absolute Gasteiger partial charge is 0.341 e. The summed E-state index contributed by atoms with van der Waals surface area (Å²) in [6.45, 7) is 0.622. The van der Waals surface area contributed by atoms with Crippen molar-refractivity contribution < 1.29 is 33.0 Å². The molecular weight excluding hydrogens is 488 g/mol. The number of carboxylic acids is 1. The van der Waals surface area contributed by atoms with Crippen molar-refractivity contribution in [2.24, 2.45) is 11.1 Å². The third-order valence-corrected chi connectivity index (χ3v) is 7.31. The lowest BCUT2D eigenvalue weighted by Gasteiger charge is -2.25. The van der Waals surface area contributed by atoms with E-state index >= 15 is 8.78 Å². The molecule has 3 aromatic rings. The molecule has 3 aliphatic rings. The number of anilines is 1. The maximum Gasteiger partial charge on any atom is 0.341 e. The zero-order valence-corrected chi connectivity index (χ0v) is 20.0. The van der Waals surface area contributed by atoms with Gasteiger partial charge in [-0.3, -0.25) is 4.79 Å². The van der Waals surface area contributed by atoms with E-state index in [1.165, 1.54) is 7.11 Å². The Hall–Kier alpha value is -4.15. The first-order chi connectivity index (χ1) is 17.8. The van der Waals surface area contributed by atoms with Crippen LogP contribution in [0.1, 0.15) is 28.8 Å². The molecule has 37 heavy (non-hydrogen) atoms. The quantitative estimate of drug-likeness (QED) is 0.540. The largest absolute Gasteiger partial charge is 0.497 e. The number of methoxy groups -OCH3 is 2. The fourth-order valence-electron chi connectivity index (χ4n) is 5.26. The molecular formula is C26H23F2N3O6. The average molecular weight is 511 g/mol. The van der Waals surface area contributed by atoms with Gasteiger partial charge < -0.3 is 28.9 Å². The van der Waals surface area contributed by atoms with Crippen molar-refractivity contribution in [1.82, 2.24) is 4.57 Å². The van der Waals surface area contributed by atoms with E-state index in [0.29, 0.717) is 12.3 Å². The van der Waals surface area contributed by atoms with E-state index < -0.39 is 28.6 Å². The molecule has 2 unspecified atom stereocenters. The molecule has 6 rings (SSSR count). The Labute approximate surface area is 209 Å². The first-order valence-corrected chi connectivity index (χ1v) is 11.8. The van der Waals surface area contributed by atoms with Crippen molar-refractivity contribution in [2.75, 3.05) is 32.2 Å². The molecule has 1 aliphatic carbocycles. The summed E-state index contributed by atoms with van der Waals surface area (Å²) in [4.78, 5) is 32.0. The van der Waals surface area contributed by atoms with Crippen LogP contribution in [0.3, 0.4) is 0 Å². The number of benzene rings is 2. The summed E-state index contributed by atoms with van der Waals surface area (Å²) in [6, 6.07) is 8.35. The van der Waals surface area contributed by atoms with E-state index in [1.54, 1.807) is 12.0 Å². The Morgan fingerprint density at radius 3 is 2.54 bits per heavy atom. The van der Waals surface area contributed by atoms with Crippen LogP contribution in [-0.4, -0.2) is 54.8 Å². The number of alkyl halides is 1. The number of aromatic carboxylic acids is 1. The third-order valence-electron chi connectivity index (χ3n) is 7.31. The SMILES string of the molecule is COc1ccc(C2=NOC3CN(c4c(F)cc5c(=O)c(C(=O)O)cn(C6(F)CC6)c5c4OC)CC23)cc1. The minimum atomic E-state index is -1.88. The summed E-state index contributed by atoms with van der Waals surface area (Å²) >= 11 is 0. The van der Waals surface area contributed by atoms with Gasteiger partial charge in [-0.2, -0.15) is 0 Å². The van der Waals surface area contributed by atoms with Crippen molar-refractivity contribution in [3.8, 4) is 11.5 Å². The first-order valence-electron chi connectivity index (χ1n) is 11.8. The van der Waals surface area contributed by atoms with E-state index in [9.17, 15) is 14.7 Å². The van der Waals surface area contributed by atoms with Crippen LogP contribution >= 0.6 is 0 Å². The lowest BCUT2D eigenvalue weighted by atomic mass is 9.95. The van der Waals surface area contributed by atoms with Crippen molar-refractivity contribution >= 4 is 28.3 Å². The number of carbonyl (C=O) groups is 1. The first kappa shape index (κ1) is 23.3. The molecule has 11 heteroatoms. The topological polar surface area (TPSA) is 103 Å². The molecule has 1 N–H and O–H groups in total. The van der Waals surface area contributed by atoms with E-state index in [2.05, 4.69) is 5.16 Å². The number of hydrogen-bond acceptors (Lipinski definition) is 7. The molecule has 0 bridgehead atoms. The van der Waals surface area contributed by atoms with E-state index in [0.717, 1.165) is 28.1 Å². The Kier molecular flexibility index (Phi) is 5.15. The lowest BCUT2D eigenvalue weighted by molar-refractivity contribution is 0.0694. The van der Waals surface area contributed by atoms with Crippen LogP contribution in [0.25, 0.3) is 10.9 Å². The maximum absolute atomic E-state index is 15.7. The second-order valence-electron chi connectivity index (χ2n) is 9.46. The van der Waals surface area contributed by atoms with Crippen molar-refractivity contribution in [3.63, 3.8) is 0 Å². The van der Waals surface area contributed by atoms with Gasteiger partial charge in [0.15, 0.2) is 23.5 Å². The summed E-state index contributed by atoms with van der Waals surface area (Å²) in [5.74, 6) is -3.66. The number of rotatable bonds is 6. The molecule has 1 saturated carbocycles. The van der Waals surface area contributed by atoms with Gasteiger partial charge >= 0.3 is 5.97 Å². The van der Waals surface area contributed by atoms with E-state index in [-0.39, 0.29) is 53.7 Å². The molecule has 3 heterocycles. The molecule has 0 radical (unpaired) electrons. The molecule has 0 spiro atoms. The van der Waals surface area contributed by atoms with Crippen molar-refractivity contribution in [1.29, 1.82) is 0 Å². The number of carboxylic acid groups (broad SMARTS) is 1. The van der Waals surface area contributed by atoms with Gasteiger partial charge in [0, 0.05) is 31.1 Å².